The fourth-order valence-corrected chi connectivity index (χ4v) is 6.22. The summed E-state index contributed by atoms with van der Waals surface area (Å²) in [4.78, 5) is 43.0. The van der Waals surface area contributed by atoms with E-state index in [9.17, 15) is 9.59 Å². The molecule has 4 aromatic rings. The number of hydrogen-bond donors (Lipinski definition) is 4. The van der Waals surface area contributed by atoms with Gasteiger partial charge in [0.25, 0.3) is 0 Å². The lowest BCUT2D eigenvalue weighted by atomic mass is 9.96. The van der Waals surface area contributed by atoms with Gasteiger partial charge in [0.2, 0.25) is 5.91 Å². The molecule has 2 aromatic carbocycles. The molecule has 47 heavy (non-hydrogen) atoms. The Kier molecular flexibility index (Phi) is 9.70. The molecule has 0 aliphatic carbocycles. The Morgan fingerprint density at radius 3 is 2.53 bits per heavy atom. The van der Waals surface area contributed by atoms with Crippen LogP contribution in [0.15, 0.2) is 60.9 Å². The molecule has 4 N–H and O–H groups in total. The molecule has 2 aromatic heterocycles. The SMILES string of the molecule is COC(=O)N[C@H](C(=O)N1CCC[C@H]1c1ncc(C#CC#Cc2ccc(-c3cnc([C@@H]4CCCN4)[nH]3)cc2-c2ccccc2)[nH]1)C(C)C. The van der Waals surface area contributed by atoms with Crippen LogP contribution in [0.1, 0.15) is 74.5 Å². The number of alkyl carbamates (subject to hydrolysis) is 1. The summed E-state index contributed by atoms with van der Waals surface area (Å²) in [6.07, 6.45) is 6.80. The Balaban J connectivity index is 1.19. The van der Waals surface area contributed by atoms with E-state index in [1.165, 1.54) is 7.11 Å². The molecule has 6 rings (SSSR count). The number of benzene rings is 2. The maximum absolute atomic E-state index is 13.4. The minimum Gasteiger partial charge on any atom is -0.453 e. The van der Waals surface area contributed by atoms with Crippen LogP contribution in [-0.4, -0.2) is 63.1 Å². The van der Waals surface area contributed by atoms with Gasteiger partial charge >= 0.3 is 6.09 Å². The van der Waals surface area contributed by atoms with Gasteiger partial charge in [0.1, 0.15) is 23.4 Å². The molecule has 2 aliphatic heterocycles. The smallest absolute Gasteiger partial charge is 0.407 e. The van der Waals surface area contributed by atoms with Crippen LogP contribution in [0.3, 0.4) is 0 Å². The largest absolute Gasteiger partial charge is 0.453 e. The highest BCUT2D eigenvalue weighted by Crippen LogP contribution is 2.32. The summed E-state index contributed by atoms with van der Waals surface area (Å²) >= 11 is 0. The van der Waals surface area contributed by atoms with Crippen molar-refractivity contribution in [2.75, 3.05) is 20.2 Å². The minimum atomic E-state index is -0.687. The quantitative estimate of drug-likeness (QED) is 0.205. The fraction of sp³-hybridized carbons (Fsp3) is 0.351. The predicted octanol–water partition coefficient (Wildman–Crippen LogP) is 5.34. The lowest BCUT2D eigenvalue weighted by Crippen LogP contribution is -2.51. The van der Waals surface area contributed by atoms with Crippen LogP contribution in [-0.2, 0) is 9.53 Å². The van der Waals surface area contributed by atoms with E-state index in [0.29, 0.717) is 18.1 Å². The van der Waals surface area contributed by atoms with Crippen molar-refractivity contribution in [1.82, 2.24) is 35.5 Å². The number of nitrogens with zero attached hydrogens (tertiary/aromatic N) is 3. The number of amides is 2. The van der Waals surface area contributed by atoms with Crippen LogP contribution < -0.4 is 10.6 Å². The number of methoxy groups -OCH3 is 1. The molecule has 2 fully saturated rings. The van der Waals surface area contributed by atoms with Crippen LogP contribution in [0, 0.1) is 29.6 Å². The summed E-state index contributed by atoms with van der Waals surface area (Å²) in [6, 6.07) is 15.8. The van der Waals surface area contributed by atoms with Gasteiger partial charge in [-0.2, -0.15) is 0 Å². The van der Waals surface area contributed by atoms with Crippen molar-refractivity contribution in [3.05, 3.63) is 83.8 Å². The molecule has 240 valence electrons. The number of carbonyl (C=O) groups is 2. The Hall–Kier alpha value is -5.32. The van der Waals surface area contributed by atoms with E-state index >= 15 is 0 Å². The Labute approximate surface area is 275 Å². The number of imidazole rings is 2. The third-order valence-electron chi connectivity index (χ3n) is 8.70. The molecular weight excluding hydrogens is 590 g/mol. The van der Waals surface area contributed by atoms with Crippen LogP contribution in [0.25, 0.3) is 22.4 Å². The third-order valence-corrected chi connectivity index (χ3v) is 8.70. The van der Waals surface area contributed by atoms with E-state index in [0.717, 1.165) is 66.0 Å². The lowest BCUT2D eigenvalue weighted by Gasteiger charge is -2.29. The fourth-order valence-electron chi connectivity index (χ4n) is 6.22. The molecule has 4 heterocycles. The van der Waals surface area contributed by atoms with E-state index in [4.69, 9.17) is 4.74 Å². The highest BCUT2D eigenvalue weighted by Gasteiger charge is 2.37. The van der Waals surface area contributed by atoms with Crippen molar-refractivity contribution < 1.29 is 14.3 Å². The van der Waals surface area contributed by atoms with Crippen molar-refractivity contribution in [1.29, 1.82) is 0 Å². The number of nitrogens with one attached hydrogen (secondary N) is 4. The normalized spacial score (nSPS) is 17.8. The summed E-state index contributed by atoms with van der Waals surface area (Å²) < 4.78 is 4.73. The van der Waals surface area contributed by atoms with Crippen LogP contribution in [0.5, 0.6) is 0 Å². The summed E-state index contributed by atoms with van der Waals surface area (Å²) in [7, 11) is 1.29. The van der Waals surface area contributed by atoms with Crippen LogP contribution in [0.2, 0.25) is 0 Å². The molecule has 0 radical (unpaired) electrons. The van der Waals surface area contributed by atoms with Gasteiger partial charge in [-0.05, 0) is 79.2 Å². The number of rotatable bonds is 7. The van der Waals surface area contributed by atoms with Gasteiger partial charge in [0.15, 0.2) is 0 Å². The number of hydrogen-bond acceptors (Lipinski definition) is 6. The van der Waals surface area contributed by atoms with Gasteiger partial charge in [0, 0.05) is 17.7 Å². The Bertz CT molecular complexity index is 1850. The standard InChI is InChI=1S/C37H39N7O3/c1-24(2)33(43-37(46)47-3)36(45)44-20-10-16-32(44)35-39-22-28(41-35)14-8-7-13-26-17-18-27(21-29(26)25-11-5-4-6-12-25)31-23-40-34(42-31)30-15-9-19-38-30/h4-6,11-12,17-18,21-24,30,32-33,38H,9-10,15-16,19-20H2,1-3H3,(H,39,41)(H,40,42)(H,43,46)/t30-,32-,33-/m0/s1. The van der Waals surface area contributed by atoms with Crippen LogP contribution >= 0.6 is 0 Å². The minimum absolute atomic E-state index is 0.101. The first kappa shape index (κ1) is 31.7. The zero-order chi connectivity index (χ0) is 32.8. The molecular formula is C37H39N7O3. The van der Waals surface area contributed by atoms with E-state index < -0.39 is 12.1 Å². The van der Waals surface area contributed by atoms with Gasteiger partial charge in [-0.3, -0.25) is 4.79 Å². The van der Waals surface area contributed by atoms with E-state index in [1.807, 2.05) is 44.3 Å². The first-order chi connectivity index (χ1) is 22.9. The first-order valence-electron chi connectivity index (χ1n) is 16.1. The second kappa shape index (κ2) is 14.4. The molecule has 10 heteroatoms. The van der Waals surface area contributed by atoms with Crippen molar-refractivity contribution in [3.63, 3.8) is 0 Å². The second-order valence-corrected chi connectivity index (χ2v) is 12.2. The number of H-pyrrole nitrogens is 2. The highest BCUT2D eigenvalue weighted by atomic mass is 16.5. The van der Waals surface area contributed by atoms with Gasteiger partial charge in [-0.15, -0.1) is 0 Å². The Morgan fingerprint density at radius 1 is 0.957 bits per heavy atom. The second-order valence-electron chi connectivity index (χ2n) is 12.2. The van der Waals surface area contributed by atoms with Gasteiger partial charge in [0.05, 0.1) is 37.3 Å². The zero-order valence-corrected chi connectivity index (χ0v) is 26.9. The van der Waals surface area contributed by atoms with Gasteiger partial charge in [-0.25, -0.2) is 14.8 Å². The lowest BCUT2D eigenvalue weighted by molar-refractivity contribution is -0.135. The number of likely N-dealkylation sites (tertiary alicyclic amines) is 1. The highest BCUT2D eigenvalue weighted by molar-refractivity contribution is 5.86. The summed E-state index contributed by atoms with van der Waals surface area (Å²) in [5.74, 6) is 13.7. The van der Waals surface area contributed by atoms with Crippen LogP contribution in [0.4, 0.5) is 4.79 Å². The molecule has 0 saturated carbocycles. The summed E-state index contributed by atoms with van der Waals surface area (Å²) in [5, 5.41) is 6.18. The average Bonchev–Trinajstić information content (AvgIpc) is 3.92. The van der Waals surface area contributed by atoms with Gasteiger partial charge in [-0.1, -0.05) is 56.2 Å². The van der Waals surface area contributed by atoms with Gasteiger partial charge < -0.3 is 30.2 Å². The third kappa shape index (κ3) is 7.24. The van der Waals surface area contributed by atoms with Crippen molar-refractivity contribution in [2.45, 2.75) is 57.7 Å². The van der Waals surface area contributed by atoms with Crippen molar-refractivity contribution >= 4 is 12.0 Å². The zero-order valence-electron chi connectivity index (χ0n) is 26.9. The summed E-state index contributed by atoms with van der Waals surface area (Å²) in [6.45, 7) is 5.40. The van der Waals surface area contributed by atoms with Crippen molar-refractivity contribution in [3.8, 4) is 46.1 Å². The van der Waals surface area contributed by atoms with E-state index in [2.05, 4.69) is 78.5 Å². The number of aromatic nitrogens is 4. The molecule has 2 amide bonds. The monoisotopic (exact) mass is 629 g/mol. The van der Waals surface area contributed by atoms with E-state index in [1.54, 1.807) is 11.1 Å². The van der Waals surface area contributed by atoms with Crippen molar-refractivity contribution in [2.24, 2.45) is 5.92 Å². The Morgan fingerprint density at radius 2 is 1.77 bits per heavy atom. The molecule has 10 nitrogen and oxygen atoms in total. The average molecular weight is 630 g/mol. The first-order valence-corrected chi connectivity index (χ1v) is 16.1. The molecule has 0 bridgehead atoms. The maximum Gasteiger partial charge on any atom is 0.407 e. The summed E-state index contributed by atoms with van der Waals surface area (Å²) in [5.41, 5.74) is 5.59. The molecule has 0 unspecified atom stereocenters. The molecule has 3 atom stereocenters. The number of aromatic amines is 2. The predicted molar refractivity (Wildman–Crippen MR) is 180 cm³/mol. The number of ether oxygens (including phenoxy) is 1. The topological polar surface area (TPSA) is 128 Å². The maximum atomic E-state index is 13.4. The molecule has 0 spiro atoms. The van der Waals surface area contributed by atoms with E-state index in [-0.39, 0.29) is 23.9 Å². The molecule has 2 saturated heterocycles. The number of carbonyl (C=O) groups excluding carboxylic acids is 2. The molecule has 2 aliphatic rings.